The van der Waals surface area contributed by atoms with Gasteiger partial charge >= 0.3 is 0 Å². The lowest BCUT2D eigenvalue weighted by atomic mass is 10.1. The van der Waals surface area contributed by atoms with E-state index in [-0.39, 0.29) is 0 Å². The molecule has 1 aliphatic heterocycles. The van der Waals surface area contributed by atoms with Crippen LogP contribution in [0.1, 0.15) is 12.0 Å². The zero-order valence-electron chi connectivity index (χ0n) is 11.8. The molecule has 0 aromatic heterocycles. The summed E-state index contributed by atoms with van der Waals surface area (Å²) >= 11 is 0. The highest BCUT2D eigenvalue weighted by atomic mass is 15.2. The number of nitrogens with zero attached hydrogens (tertiary/aromatic N) is 3. The lowest BCUT2D eigenvalue weighted by Crippen LogP contribution is -2.46. The van der Waals surface area contributed by atoms with Crippen LogP contribution in [-0.2, 0) is 0 Å². The van der Waals surface area contributed by atoms with Gasteiger partial charge in [-0.2, -0.15) is 5.26 Å². The molecule has 1 unspecified atom stereocenters. The van der Waals surface area contributed by atoms with E-state index in [0.29, 0.717) is 6.04 Å². The third-order valence-electron chi connectivity index (χ3n) is 3.46. The average molecular weight is 258 g/mol. The van der Waals surface area contributed by atoms with Crippen LogP contribution in [0.2, 0.25) is 0 Å². The first-order valence-corrected chi connectivity index (χ1v) is 6.83. The van der Waals surface area contributed by atoms with E-state index < -0.39 is 0 Å². The summed E-state index contributed by atoms with van der Waals surface area (Å²) in [5.41, 5.74) is 1.90. The molecule has 2 rings (SSSR count). The Labute approximate surface area is 115 Å². The molecule has 1 aromatic rings. The Morgan fingerprint density at radius 3 is 3.05 bits per heavy atom. The second-order valence-corrected chi connectivity index (χ2v) is 5.33. The largest absolute Gasteiger partial charge is 0.366 e. The van der Waals surface area contributed by atoms with Gasteiger partial charge in [0.05, 0.1) is 17.7 Å². The molecule has 19 heavy (non-hydrogen) atoms. The van der Waals surface area contributed by atoms with E-state index in [1.807, 2.05) is 18.2 Å². The zero-order valence-corrected chi connectivity index (χ0v) is 11.8. The molecule has 0 amide bonds. The van der Waals surface area contributed by atoms with Crippen LogP contribution in [0.4, 0.5) is 5.69 Å². The third kappa shape index (κ3) is 3.69. The molecule has 1 saturated heterocycles. The van der Waals surface area contributed by atoms with Gasteiger partial charge in [-0.1, -0.05) is 6.07 Å². The highest BCUT2D eigenvalue weighted by Crippen LogP contribution is 2.20. The van der Waals surface area contributed by atoms with Gasteiger partial charge in [-0.25, -0.2) is 0 Å². The maximum atomic E-state index is 9.04. The topological polar surface area (TPSA) is 42.3 Å². The number of benzene rings is 1. The summed E-state index contributed by atoms with van der Waals surface area (Å²) in [6.07, 6.45) is 1.14. The smallest absolute Gasteiger partial charge is 0.0992 e. The Morgan fingerprint density at radius 1 is 1.47 bits per heavy atom. The van der Waals surface area contributed by atoms with Crippen LogP contribution in [-0.4, -0.2) is 51.2 Å². The summed E-state index contributed by atoms with van der Waals surface area (Å²) in [5.74, 6) is 0. The third-order valence-corrected chi connectivity index (χ3v) is 3.46. The summed E-state index contributed by atoms with van der Waals surface area (Å²) in [6.45, 7) is 4.12. The SMILES string of the molecule is CN(C)CC1CNCCCN1c1cccc(C#N)c1. The number of hydrogen-bond donors (Lipinski definition) is 1. The highest BCUT2D eigenvalue weighted by Gasteiger charge is 2.21. The quantitative estimate of drug-likeness (QED) is 0.887. The van der Waals surface area contributed by atoms with Crippen LogP contribution in [0.5, 0.6) is 0 Å². The Kier molecular flexibility index (Phi) is 4.78. The Bertz CT molecular complexity index is 450. The van der Waals surface area contributed by atoms with Crippen molar-refractivity contribution in [1.29, 1.82) is 5.26 Å². The molecule has 1 N–H and O–H groups in total. The molecule has 1 heterocycles. The number of nitriles is 1. The number of hydrogen-bond acceptors (Lipinski definition) is 4. The van der Waals surface area contributed by atoms with Crippen LogP contribution >= 0.6 is 0 Å². The lowest BCUT2D eigenvalue weighted by Gasteiger charge is -2.33. The van der Waals surface area contributed by atoms with Crippen molar-refractivity contribution >= 4 is 5.69 Å². The van der Waals surface area contributed by atoms with E-state index >= 15 is 0 Å². The molecule has 4 heteroatoms. The van der Waals surface area contributed by atoms with Crippen LogP contribution in [0.15, 0.2) is 24.3 Å². The van der Waals surface area contributed by atoms with Crippen molar-refractivity contribution in [3.8, 4) is 6.07 Å². The Balaban J connectivity index is 2.23. The molecular formula is C15H22N4. The molecule has 1 fully saturated rings. The molecule has 1 aromatic carbocycles. The van der Waals surface area contributed by atoms with E-state index in [1.54, 1.807) is 0 Å². The molecule has 1 atom stereocenters. The van der Waals surface area contributed by atoms with Gasteiger partial charge in [0.25, 0.3) is 0 Å². The predicted molar refractivity (Wildman–Crippen MR) is 78.3 cm³/mol. The molecule has 1 aliphatic rings. The summed E-state index contributed by atoms with van der Waals surface area (Å²) in [4.78, 5) is 4.65. The standard InChI is InChI=1S/C15H22N4/c1-18(2)12-15-11-17-7-4-8-19(15)14-6-3-5-13(9-14)10-16/h3,5-6,9,15,17H,4,7-8,11-12H2,1-2H3. The molecule has 4 nitrogen and oxygen atoms in total. The number of anilines is 1. The zero-order chi connectivity index (χ0) is 13.7. The fourth-order valence-electron chi connectivity index (χ4n) is 2.61. The minimum absolute atomic E-state index is 0.450. The van der Waals surface area contributed by atoms with Crippen molar-refractivity contribution in [2.45, 2.75) is 12.5 Å². The molecular weight excluding hydrogens is 236 g/mol. The van der Waals surface area contributed by atoms with Crippen LogP contribution in [0.3, 0.4) is 0 Å². The lowest BCUT2D eigenvalue weighted by molar-refractivity contribution is 0.361. The first-order chi connectivity index (χ1) is 9.20. The summed E-state index contributed by atoms with van der Waals surface area (Å²) in [7, 11) is 4.21. The summed E-state index contributed by atoms with van der Waals surface area (Å²) in [6, 6.07) is 10.6. The minimum atomic E-state index is 0.450. The first-order valence-electron chi connectivity index (χ1n) is 6.83. The molecule has 0 bridgehead atoms. The average Bonchev–Trinajstić information content (AvgIpc) is 2.63. The maximum Gasteiger partial charge on any atom is 0.0992 e. The Hall–Kier alpha value is -1.57. The number of nitrogens with one attached hydrogen (secondary N) is 1. The summed E-state index contributed by atoms with van der Waals surface area (Å²) in [5, 5.41) is 12.5. The van der Waals surface area contributed by atoms with Gasteiger partial charge in [-0.3, -0.25) is 0 Å². The van der Waals surface area contributed by atoms with Crippen LogP contribution < -0.4 is 10.2 Å². The normalized spacial score (nSPS) is 20.1. The monoisotopic (exact) mass is 258 g/mol. The fourth-order valence-corrected chi connectivity index (χ4v) is 2.61. The maximum absolute atomic E-state index is 9.04. The molecule has 0 saturated carbocycles. The van der Waals surface area contributed by atoms with Crippen molar-refractivity contribution in [2.24, 2.45) is 0 Å². The van der Waals surface area contributed by atoms with Crippen LogP contribution in [0.25, 0.3) is 0 Å². The van der Waals surface area contributed by atoms with Gasteiger partial charge in [0, 0.05) is 25.3 Å². The number of rotatable bonds is 3. The Morgan fingerprint density at radius 2 is 2.32 bits per heavy atom. The van der Waals surface area contributed by atoms with Gasteiger partial charge in [0.15, 0.2) is 0 Å². The predicted octanol–water partition coefficient (Wildman–Crippen LogP) is 1.29. The van der Waals surface area contributed by atoms with E-state index in [9.17, 15) is 0 Å². The van der Waals surface area contributed by atoms with Gasteiger partial charge in [-0.15, -0.1) is 0 Å². The van der Waals surface area contributed by atoms with Crippen LogP contribution in [0, 0.1) is 11.3 Å². The van der Waals surface area contributed by atoms with Crippen molar-refractivity contribution in [1.82, 2.24) is 10.2 Å². The van der Waals surface area contributed by atoms with Crippen molar-refractivity contribution in [3.63, 3.8) is 0 Å². The van der Waals surface area contributed by atoms with Gasteiger partial charge < -0.3 is 15.1 Å². The van der Waals surface area contributed by atoms with Gasteiger partial charge in [-0.05, 0) is 45.3 Å². The van der Waals surface area contributed by atoms with Crippen molar-refractivity contribution < 1.29 is 0 Å². The van der Waals surface area contributed by atoms with E-state index in [2.05, 4.69) is 41.3 Å². The minimum Gasteiger partial charge on any atom is -0.366 e. The van der Waals surface area contributed by atoms with Gasteiger partial charge in [0.2, 0.25) is 0 Å². The molecule has 0 radical (unpaired) electrons. The van der Waals surface area contributed by atoms with Crippen molar-refractivity contribution in [2.75, 3.05) is 45.2 Å². The second kappa shape index (κ2) is 6.55. The second-order valence-electron chi connectivity index (χ2n) is 5.33. The van der Waals surface area contributed by atoms with Crippen molar-refractivity contribution in [3.05, 3.63) is 29.8 Å². The molecule has 102 valence electrons. The molecule has 0 aliphatic carbocycles. The fraction of sp³-hybridized carbons (Fsp3) is 0.533. The number of likely N-dealkylation sites (N-methyl/N-ethyl adjacent to an activating group) is 1. The van der Waals surface area contributed by atoms with E-state index in [1.165, 1.54) is 0 Å². The summed E-state index contributed by atoms with van der Waals surface area (Å²) < 4.78 is 0. The highest BCUT2D eigenvalue weighted by molar-refractivity contribution is 5.52. The van der Waals surface area contributed by atoms with E-state index in [4.69, 9.17) is 5.26 Å². The first kappa shape index (κ1) is 13.9. The van der Waals surface area contributed by atoms with E-state index in [0.717, 1.165) is 43.9 Å². The van der Waals surface area contributed by atoms with Gasteiger partial charge in [0.1, 0.15) is 0 Å². The molecule has 0 spiro atoms.